The van der Waals surface area contributed by atoms with E-state index < -0.39 is 12.0 Å². The number of nitrogens with two attached hydrogens (primary N) is 1. The van der Waals surface area contributed by atoms with Gasteiger partial charge in [0, 0.05) is 19.2 Å². The Morgan fingerprint density at radius 2 is 2.00 bits per heavy atom. The molecular weight excluding hydrogens is 289 g/mol. The molecular formula is C12H17F3N4O2. The first-order chi connectivity index (χ1) is 9.90. The molecule has 0 bridgehead atoms. The maximum atomic E-state index is 12.7. The van der Waals surface area contributed by atoms with E-state index in [4.69, 9.17) is 15.6 Å². The normalized spacial score (nSPS) is 17.2. The molecule has 0 atom stereocenters. The Labute approximate surface area is 119 Å². The lowest BCUT2D eigenvalue weighted by Gasteiger charge is -2.32. The fraction of sp³-hybridized carbons (Fsp3) is 0.667. The molecule has 0 aliphatic carbocycles. The lowest BCUT2D eigenvalue weighted by molar-refractivity contribution is -0.144. The molecule has 0 aromatic carbocycles. The second kappa shape index (κ2) is 6.44. The molecule has 1 saturated heterocycles. The van der Waals surface area contributed by atoms with E-state index >= 15 is 0 Å². The van der Waals surface area contributed by atoms with Crippen molar-refractivity contribution in [3.8, 4) is 0 Å². The third-order valence-corrected chi connectivity index (χ3v) is 3.20. The fourth-order valence-corrected chi connectivity index (χ4v) is 2.21. The minimum atomic E-state index is -4.62. The SMILES string of the molecule is Nc1cc(N2CCC(OCCO)CC2)nc(C(F)(F)F)n1. The molecule has 21 heavy (non-hydrogen) atoms. The highest BCUT2D eigenvalue weighted by atomic mass is 19.4. The number of halogens is 3. The van der Waals surface area contributed by atoms with Gasteiger partial charge in [-0.3, -0.25) is 0 Å². The van der Waals surface area contributed by atoms with Crippen molar-refractivity contribution in [1.82, 2.24) is 9.97 Å². The molecule has 0 unspecified atom stereocenters. The van der Waals surface area contributed by atoms with E-state index in [1.807, 2.05) is 0 Å². The summed E-state index contributed by atoms with van der Waals surface area (Å²) >= 11 is 0. The first-order valence-corrected chi connectivity index (χ1v) is 6.59. The van der Waals surface area contributed by atoms with Crippen molar-refractivity contribution in [2.24, 2.45) is 0 Å². The number of alkyl halides is 3. The fourth-order valence-electron chi connectivity index (χ4n) is 2.21. The highest BCUT2D eigenvalue weighted by molar-refractivity contribution is 5.47. The zero-order chi connectivity index (χ0) is 15.5. The second-order valence-electron chi connectivity index (χ2n) is 4.75. The predicted molar refractivity (Wildman–Crippen MR) is 69.7 cm³/mol. The van der Waals surface area contributed by atoms with Gasteiger partial charge in [0.25, 0.3) is 0 Å². The maximum Gasteiger partial charge on any atom is 0.451 e. The van der Waals surface area contributed by atoms with Gasteiger partial charge in [0.05, 0.1) is 19.3 Å². The average molecular weight is 306 g/mol. The minimum absolute atomic E-state index is 0.00895. The van der Waals surface area contributed by atoms with Crippen molar-refractivity contribution >= 4 is 11.6 Å². The van der Waals surface area contributed by atoms with Crippen molar-refractivity contribution in [2.45, 2.75) is 25.1 Å². The van der Waals surface area contributed by atoms with Crippen LogP contribution >= 0.6 is 0 Å². The summed E-state index contributed by atoms with van der Waals surface area (Å²) in [5.74, 6) is -1.25. The van der Waals surface area contributed by atoms with Crippen molar-refractivity contribution in [3.05, 3.63) is 11.9 Å². The number of hydrogen-bond donors (Lipinski definition) is 2. The highest BCUT2D eigenvalue weighted by Gasteiger charge is 2.36. The van der Waals surface area contributed by atoms with Crippen LogP contribution in [0.5, 0.6) is 0 Å². The number of rotatable bonds is 4. The number of ether oxygens (including phenoxy) is 1. The Kier molecular flexibility index (Phi) is 4.84. The Bertz CT molecular complexity index is 476. The van der Waals surface area contributed by atoms with Gasteiger partial charge >= 0.3 is 6.18 Å². The number of nitrogen functional groups attached to an aromatic ring is 1. The zero-order valence-corrected chi connectivity index (χ0v) is 11.3. The molecule has 9 heteroatoms. The molecule has 1 aliphatic heterocycles. The topological polar surface area (TPSA) is 84.5 Å². The smallest absolute Gasteiger partial charge is 0.394 e. The quantitative estimate of drug-likeness (QED) is 0.865. The van der Waals surface area contributed by atoms with Gasteiger partial charge in [0.15, 0.2) is 0 Å². The molecule has 0 saturated carbocycles. The summed E-state index contributed by atoms with van der Waals surface area (Å²) in [5, 5.41) is 8.69. The van der Waals surface area contributed by atoms with Gasteiger partial charge in [0.1, 0.15) is 11.6 Å². The molecule has 6 nitrogen and oxygen atoms in total. The van der Waals surface area contributed by atoms with Crippen molar-refractivity contribution in [2.75, 3.05) is 36.9 Å². The summed E-state index contributed by atoms with van der Waals surface area (Å²) in [6, 6.07) is 1.34. The monoisotopic (exact) mass is 306 g/mol. The van der Waals surface area contributed by atoms with Gasteiger partial charge in [-0.05, 0) is 12.8 Å². The summed E-state index contributed by atoms with van der Waals surface area (Å²) in [7, 11) is 0. The van der Waals surface area contributed by atoms with Gasteiger partial charge < -0.3 is 20.5 Å². The van der Waals surface area contributed by atoms with Crippen LogP contribution < -0.4 is 10.6 Å². The first kappa shape index (κ1) is 15.8. The van der Waals surface area contributed by atoms with Gasteiger partial charge in [-0.15, -0.1) is 0 Å². The van der Waals surface area contributed by atoms with E-state index in [0.717, 1.165) is 0 Å². The molecule has 118 valence electrons. The van der Waals surface area contributed by atoms with E-state index in [2.05, 4.69) is 9.97 Å². The van der Waals surface area contributed by atoms with E-state index in [9.17, 15) is 13.2 Å². The van der Waals surface area contributed by atoms with Gasteiger partial charge in [-0.1, -0.05) is 0 Å². The summed E-state index contributed by atoms with van der Waals surface area (Å²) in [4.78, 5) is 8.49. The highest BCUT2D eigenvalue weighted by Crippen LogP contribution is 2.29. The second-order valence-corrected chi connectivity index (χ2v) is 4.75. The van der Waals surface area contributed by atoms with Crippen LogP contribution in [0.1, 0.15) is 18.7 Å². The number of nitrogens with zero attached hydrogens (tertiary/aromatic N) is 3. The van der Waals surface area contributed by atoms with E-state index in [1.165, 1.54) is 6.07 Å². The predicted octanol–water partition coefficient (Wildman–Crippen LogP) is 1.06. The third-order valence-electron chi connectivity index (χ3n) is 3.20. The lowest BCUT2D eigenvalue weighted by Crippen LogP contribution is -2.38. The lowest BCUT2D eigenvalue weighted by atomic mass is 10.1. The maximum absolute atomic E-state index is 12.7. The average Bonchev–Trinajstić information content (AvgIpc) is 2.44. The Balaban J connectivity index is 2.05. The zero-order valence-electron chi connectivity index (χ0n) is 11.3. The molecule has 1 aromatic heterocycles. The van der Waals surface area contributed by atoms with Crippen LogP contribution in [0.4, 0.5) is 24.8 Å². The number of hydrogen-bond acceptors (Lipinski definition) is 6. The Morgan fingerprint density at radius 3 is 2.57 bits per heavy atom. The van der Waals surface area contributed by atoms with Crippen LogP contribution in [-0.2, 0) is 10.9 Å². The van der Waals surface area contributed by atoms with E-state index in [1.54, 1.807) is 4.90 Å². The van der Waals surface area contributed by atoms with Crippen LogP contribution in [0, 0.1) is 0 Å². The number of anilines is 2. The molecule has 3 N–H and O–H groups in total. The molecule has 2 heterocycles. The van der Waals surface area contributed by atoms with Crippen LogP contribution in [-0.4, -0.2) is 47.5 Å². The molecule has 0 spiro atoms. The molecule has 1 fully saturated rings. The van der Waals surface area contributed by atoms with Crippen LogP contribution in [0.15, 0.2) is 6.07 Å². The number of aliphatic hydroxyl groups excluding tert-OH is 1. The number of piperidine rings is 1. The molecule has 0 amide bonds. The first-order valence-electron chi connectivity index (χ1n) is 6.59. The molecule has 2 rings (SSSR count). The van der Waals surface area contributed by atoms with Crippen LogP contribution in [0.2, 0.25) is 0 Å². The van der Waals surface area contributed by atoms with Crippen LogP contribution in [0.25, 0.3) is 0 Å². The summed E-state index contributed by atoms with van der Waals surface area (Å²) in [5.41, 5.74) is 5.43. The molecule has 0 radical (unpaired) electrons. The van der Waals surface area contributed by atoms with Crippen LogP contribution in [0.3, 0.4) is 0 Å². The molecule has 1 aliphatic rings. The van der Waals surface area contributed by atoms with Crippen molar-refractivity contribution in [1.29, 1.82) is 0 Å². The molecule has 1 aromatic rings. The minimum Gasteiger partial charge on any atom is -0.394 e. The van der Waals surface area contributed by atoms with Crippen molar-refractivity contribution in [3.63, 3.8) is 0 Å². The van der Waals surface area contributed by atoms with Gasteiger partial charge in [0.2, 0.25) is 5.82 Å². The number of aliphatic hydroxyl groups is 1. The summed E-state index contributed by atoms with van der Waals surface area (Å²) in [6.07, 6.45) is -3.29. The Hall–Kier alpha value is -1.61. The van der Waals surface area contributed by atoms with E-state index in [-0.39, 0.29) is 31.0 Å². The Morgan fingerprint density at radius 1 is 1.33 bits per heavy atom. The standard InChI is InChI=1S/C12H17F3N4O2/c13-12(14,15)11-17-9(16)7-10(18-11)19-3-1-8(2-4-19)21-6-5-20/h7-8,20H,1-6H2,(H2,16,17,18). The summed E-state index contributed by atoms with van der Waals surface area (Å²) < 4.78 is 43.4. The summed E-state index contributed by atoms with van der Waals surface area (Å²) in [6.45, 7) is 1.26. The van der Waals surface area contributed by atoms with Gasteiger partial charge in [-0.25, -0.2) is 9.97 Å². The largest absolute Gasteiger partial charge is 0.451 e. The third kappa shape index (κ3) is 4.18. The van der Waals surface area contributed by atoms with Crippen molar-refractivity contribution < 1.29 is 23.0 Å². The number of aromatic nitrogens is 2. The van der Waals surface area contributed by atoms with E-state index in [0.29, 0.717) is 25.9 Å². The van der Waals surface area contributed by atoms with Gasteiger partial charge in [-0.2, -0.15) is 13.2 Å².